The Morgan fingerprint density at radius 2 is 2.10 bits per heavy atom. The summed E-state index contributed by atoms with van der Waals surface area (Å²) in [5.74, 6) is 0. The Morgan fingerprint density at radius 1 is 1.35 bits per heavy atom. The van der Waals surface area contributed by atoms with Crippen LogP contribution >= 0.6 is 0 Å². The average molecular weight is 274 g/mol. The SMILES string of the molecule is Cc1nn(C)c(C)c1CNCc1cccc([N+](=O)[O-])c1. The number of nitrogens with one attached hydrogen (secondary N) is 1. The maximum Gasteiger partial charge on any atom is 0.269 e. The van der Waals surface area contributed by atoms with Crippen LogP contribution in [0.5, 0.6) is 0 Å². The van der Waals surface area contributed by atoms with Crippen molar-refractivity contribution in [1.82, 2.24) is 15.1 Å². The summed E-state index contributed by atoms with van der Waals surface area (Å²) in [7, 11) is 1.92. The van der Waals surface area contributed by atoms with E-state index in [0.29, 0.717) is 13.1 Å². The molecule has 0 saturated carbocycles. The number of hydrogen-bond acceptors (Lipinski definition) is 4. The van der Waals surface area contributed by atoms with Crippen LogP contribution in [0.4, 0.5) is 5.69 Å². The Bertz CT molecular complexity index is 634. The Morgan fingerprint density at radius 3 is 2.70 bits per heavy atom. The van der Waals surface area contributed by atoms with Crippen molar-refractivity contribution in [3.05, 3.63) is 56.9 Å². The van der Waals surface area contributed by atoms with Crippen molar-refractivity contribution in [2.45, 2.75) is 26.9 Å². The van der Waals surface area contributed by atoms with Crippen LogP contribution in [0, 0.1) is 24.0 Å². The summed E-state index contributed by atoms with van der Waals surface area (Å²) in [6.07, 6.45) is 0. The number of nitro benzene ring substituents is 1. The first-order chi connectivity index (χ1) is 9.49. The predicted octanol–water partition coefficient (Wildman–Crippen LogP) is 2.23. The lowest BCUT2D eigenvalue weighted by Gasteiger charge is -2.05. The van der Waals surface area contributed by atoms with Gasteiger partial charge >= 0.3 is 0 Å². The second-order valence-electron chi connectivity index (χ2n) is 4.80. The fraction of sp³-hybridized carbons (Fsp3) is 0.357. The molecule has 0 radical (unpaired) electrons. The molecule has 6 nitrogen and oxygen atoms in total. The van der Waals surface area contributed by atoms with E-state index in [4.69, 9.17) is 0 Å². The molecule has 0 saturated heterocycles. The van der Waals surface area contributed by atoms with Crippen molar-refractivity contribution in [2.75, 3.05) is 0 Å². The van der Waals surface area contributed by atoms with E-state index >= 15 is 0 Å². The number of rotatable bonds is 5. The first-order valence-electron chi connectivity index (χ1n) is 6.42. The summed E-state index contributed by atoms with van der Waals surface area (Å²) < 4.78 is 1.86. The lowest BCUT2D eigenvalue weighted by Crippen LogP contribution is -2.14. The van der Waals surface area contributed by atoms with Crippen LogP contribution in [0.3, 0.4) is 0 Å². The van der Waals surface area contributed by atoms with Gasteiger partial charge in [-0.05, 0) is 19.4 Å². The van der Waals surface area contributed by atoms with E-state index in [0.717, 1.165) is 17.0 Å². The number of benzene rings is 1. The number of non-ortho nitro benzene ring substituents is 1. The van der Waals surface area contributed by atoms with E-state index in [1.54, 1.807) is 12.1 Å². The highest BCUT2D eigenvalue weighted by atomic mass is 16.6. The fourth-order valence-electron chi connectivity index (χ4n) is 2.19. The number of aryl methyl sites for hydroxylation is 2. The summed E-state index contributed by atoms with van der Waals surface area (Å²) >= 11 is 0. The van der Waals surface area contributed by atoms with E-state index in [2.05, 4.69) is 10.4 Å². The normalized spacial score (nSPS) is 10.8. The highest BCUT2D eigenvalue weighted by molar-refractivity contribution is 5.34. The molecule has 1 heterocycles. The molecule has 0 amide bonds. The van der Waals surface area contributed by atoms with Crippen LogP contribution in [0.2, 0.25) is 0 Å². The molecule has 6 heteroatoms. The molecule has 0 spiro atoms. The van der Waals surface area contributed by atoms with Crippen molar-refractivity contribution in [3.63, 3.8) is 0 Å². The molecule has 1 aromatic heterocycles. The fourth-order valence-corrected chi connectivity index (χ4v) is 2.19. The molecule has 0 fully saturated rings. The standard InChI is InChI=1S/C14H18N4O2/c1-10-14(11(2)17(3)16-10)9-15-8-12-5-4-6-13(7-12)18(19)20/h4-7,15H,8-9H2,1-3H3. The van der Waals surface area contributed by atoms with Gasteiger partial charge in [0, 0.05) is 43.5 Å². The summed E-state index contributed by atoms with van der Waals surface area (Å²) in [6.45, 7) is 5.31. The minimum absolute atomic E-state index is 0.123. The van der Waals surface area contributed by atoms with Crippen molar-refractivity contribution in [2.24, 2.45) is 7.05 Å². The molecular formula is C14H18N4O2. The lowest BCUT2D eigenvalue weighted by atomic mass is 10.1. The minimum atomic E-state index is -0.376. The molecule has 0 unspecified atom stereocenters. The Labute approximate surface area is 117 Å². The van der Waals surface area contributed by atoms with Gasteiger partial charge in [-0.15, -0.1) is 0 Å². The third-order valence-electron chi connectivity index (χ3n) is 3.41. The minimum Gasteiger partial charge on any atom is -0.308 e. The van der Waals surface area contributed by atoms with Crippen molar-refractivity contribution < 1.29 is 4.92 Å². The monoisotopic (exact) mass is 274 g/mol. The van der Waals surface area contributed by atoms with Crippen molar-refractivity contribution >= 4 is 5.69 Å². The van der Waals surface area contributed by atoms with Crippen LogP contribution in [0.15, 0.2) is 24.3 Å². The molecular weight excluding hydrogens is 256 g/mol. The van der Waals surface area contributed by atoms with E-state index < -0.39 is 0 Å². The second kappa shape index (κ2) is 5.83. The molecule has 0 aliphatic carbocycles. The van der Waals surface area contributed by atoms with Crippen molar-refractivity contribution in [1.29, 1.82) is 0 Å². The smallest absolute Gasteiger partial charge is 0.269 e. The van der Waals surface area contributed by atoms with Crippen molar-refractivity contribution in [3.8, 4) is 0 Å². The highest BCUT2D eigenvalue weighted by Gasteiger charge is 2.09. The number of hydrogen-bond donors (Lipinski definition) is 1. The Balaban J connectivity index is 1.99. The van der Waals surface area contributed by atoms with E-state index in [1.165, 1.54) is 11.6 Å². The van der Waals surface area contributed by atoms with Gasteiger partial charge in [-0.25, -0.2) is 0 Å². The first-order valence-corrected chi connectivity index (χ1v) is 6.42. The number of nitrogens with zero attached hydrogens (tertiary/aromatic N) is 3. The van der Waals surface area contributed by atoms with Crippen LogP contribution in [0.25, 0.3) is 0 Å². The molecule has 0 atom stereocenters. The van der Waals surface area contributed by atoms with Gasteiger partial charge < -0.3 is 5.32 Å². The van der Waals surface area contributed by atoms with Gasteiger partial charge in [-0.3, -0.25) is 14.8 Å². The zero-order valence-electron chi connectivity index (χ0n) is 11.9. The summed E-state index contributed by atoms with van der Waals surface area (Å²) in [5, 5.41) is 18.4. The Kier molecular flexibility index (Phi) is 4.14. The predicted molar refractivity (Wildman–Crippen MR) is 76.3 cm³/mol. The lowest BCUT2D eigenvalue weighted by molar-refractivity contribution is -0.384. The van der Waals surface area contributed by atoms with Gasteiger partial charge in [-0.1, -0.05) is 12.1 Å². The zero-order chi connectivity index (χ0) is 14.7. The van der Waals surface area contributed by atoms with Gasteiger partial charge in [-0.2, -0.15) is 5.10 Å². The van der Waals surface area contributed by atoms with Crippen LogP contribution in [0.1, 0.15) is 22.5 Å². The van der Waals surface area contributed by atoms with Crippen LogP contribution in [-0.4, -0.2) is 14.7 Å². The maximum absolute atomic E-state index is 10.7. The second-order valence-corrected chi connectivity index (χ2v) is 4.80. The number of nitro groups is 1. The zero-order valence-corrected chi connectivity index (χ0v) is 11.9. The third kappa shape index (κ3) is 3.03. The quantitative estimate of drug-likeness (QED) is 0.670. The topological polar surface area (TPSA) is 73.0 Å². The summed E-state index contributed by atoms with van der Waals surface area (Å²) in [4.78, 5) is 10.3. The van der Waals surface area contributed by atoms with Gasteiger partial charge in [0.05, 0.1) is 10.6 Å². The van der Waals surface area contributed by atoms with E-state index in [1.807, 2.05) is 31.6 Å². The third-order valence-corrected chi connectivity index (χ3v) is 3.41. The van der Waals surface area contributed by atoms with Gasteiger partial charge in [0.2, 0.25) is 0 Å². The van der Waals surface area contributed by atoms with E-state index in [9.17, 15) is 10.1 Å². The van der Waals surface area contributed by atoms with Gasteiger partial charge in [0.25, 0.3) is 5.69 Å². The molecule has 2 aromatic rings. The van der Waals surface area contributed by atoms with E-state index in [-0.39, 0.29) is 10.6 Å². The molecule has 2 rings (SSSR count). The van der Waals surface area contributed by atoms with Gasteiger partial charge in [0.1, 0.15) is 0 Å². The molecule has 1 aromatic carbocycles. The molecule has 0 bridgehead atoms. The Hall–Kier alpha value is -2.21. The van der Waals surface area contributed by atoms with Crippen LogP contribution < -0.4 is 5.32 Å². The summed E-state index contributed by atoms with van der Waals surface area (Å²) in [5.41, 5.74) is 4.35. The number of aromatic nitrogens is 2. The molecule has 20 heavy (non-hydrogen) atoms. The average Bonchev–Trinajstić information content (AvgIpc) is 2.65. The molecule has 0 aliphatic heterocycles. The molecule has 0 aliphatic rings. The highest BCUT2D eigenvalue weighted by Crippen LogP contribution is 2.14. The van der Waals surface area contributed by atoms with Gasteiger partial charge in [0.15, 0.2) is 0 Å². The molecule has 1 N–H and O–H groups in total. The first kappa shape index (κ1) is 14.2. The molecule has 106 valence electrons. The van der Waals surface area contributed by atoms with Crippen LogP contribution in [-0.2, 0) is 20.1 Å². The largest absolute Gasteiger partial charge is 0.308 e. The maximum atomic E-state index is 10.7. The summed E-state index contributed by atoms with van der Waals surface area (Å²) in [6, 6.07) is 6.67.